The Morgan fingerprint density at radius 3 is 2.71 bits per heavy atom. The highest BCUT2D eigenvalue weighted by Crippen LogP contribution is 2.16. The predicted molar refractivity (Wildman–Crippen MR) is 85.4 cm³/mol. The molecule has 0 atom stereocenters. The largest absolute Gasteiger partial charge is 0.480 e. The molecule has 122 valence electrons. The van der Waals surface area contributed by atoms with Crippen molar-refractivity contribution in [3.05, 3.63) is 58.0 Å². The van der Waals surface area contributed by atoms with Crippen LogP contribution in [0, 0.1) is 11.8 Å². The lowest BCUT2D eigenvalue weighted by molar-refractivity contribution is 0.0951. The second-order valence-corrected chi connectivity index (χ2v) is 4.49. The van der Waals surface area contributed by atoms with Crippen molar-refractivity contribution in [3.63, 3.8) is 0 Å². The third kappa shape index (κ3) is 4.71. The van der Waals surface area contributed by atoms with E-state index in [9.17, 15) is 14.4 Å². The van der Waals surface area contributed by atoms with E-state index in [1.165, 1.54) is 12.1 Å². The Kier molecular flexibility index (Phi) is 5.69. The van der Waals surface area contributed by atoms with E-state index in [-0.39, 0.29) is 30.0 Å². The van der Waals surface area contributed by atoms with E-state index in [1.54, 1.807) is 24.3 Å². The Balaban J connectivity index is 1.80. The van der Waals surface area contributed by atoms with Crippen LogP contribution in [0.2, 0.25) is 0 Å². The van der Waals surface area contributed by atoms with E-state index < -0.39 is 11.8 Å². The van der Waals surface area contributed by atoms with Crippen LogP contribution < -0.4 is 21.3 Å². The lowest BCUT2D eigenvalue weighted by atomic mass is 10.2. The van der Waals surface area contributed by atoms with Crippen LogP contribution in [-0.4, -0.2) is 35.2 Å². The van der Waals surface area contributed by atoms with Gasteiger partial charge in [0.05, 0.1) is 12.1 Å². The summed E-state index contributed by atoms with van der Waals surface area (Å²) in [7, 11) is 0. The summed E-state index contributed by atoms with van der Waals surface area (Å²) in [5.74, 6) is 4.70. The Morgan fingerprint density at radius 2 is 2.00 bits per heavy atom. The summed E-state index contributed by atoms with van der Waals surface area (Å²) in [5.41, 5.74) is 5.21. The second kappa shape index (κ2) is 8.14. The first-order chi connectivity index (χ1) is 11.6. The minimum absolute atomic E-state index is 0.0388. The number of para-hydroxylation sites is 1. The molecule has 2 amide bonds. The van der Waals surface area contributed by atoms with Crippen molar-refractivity contribution in [1.29, 1.82) is 0 Å². The molecule has 0 unspecified atom stereocenters. The van der Waals surface area contributed by atoms with Crippen LogP contribution in [0.15, 0.2) is 41.2 Å². The fourth-order valence-corrected chi connectivity index (χ4v) is 1.71. The number of benzene rings is 1. The summed E-state index contributed by atoms with van der Waals surface area (Å²) < 4.78 is 5.36. The van der Waals surface area contributed by atoms with E-state index in [1.807, 2.05) is 0 Å². The molecule has 8 heteroatoms. The van der Waals surface area contributed by atoms with Gasteiger partial charge in [0.15, 0.2) is 0 Å². The third-order valence-electron chi connectivity index (χ3n) is 2.83. The Morgan fingerprint density at radius 1 is 1.21 bits per heavy atom. The fourth-order valence-electron chi connectivity index (χ4n) is 1.71. The van der Waals surface area contributed by atoms with Gasteiger partial charge in [-0.2, -0.15) is 5.10 Å². The standard InChI is InChI=1S/C16H14N4O4/c17-15(22)11-5-1-2-6-13(11)24-10-4-3-9-18-16(23)12-7-8-14(21)20-19-12/h1-2,5-8H,9-10H2,(H2,17,22)(H,18,23)(H,20,21). The molecular weight excluding hydrogens is 312 g/mol. The van der Waals surface area contributed by atoms with Crippen LogP contribution >= 0.6 is 0 Å². The molecule has 0 saturated heterocycles. The highest BCUT2D eigenvalue weighted by Gasteiger charge is 2.07. The molecule has 8 nitrogen and oxygen atoms in total. The van der Waals surface area contributed by atoms with Gasteiger partial charge in [0, 0.05) is 6.07 Å². The van der Waals surface area contributed by atoms with Crippen molar-refractivity contribution in [1.82, 2.24) is 15.5 Å². The first-order valence-electron chi connectivity index (χ1n) is 6.89. The molecule has 1 aromatic heterocycles. The third-order valence-corrected chi connectivity index (χ3v) is 2.83. The number of H-pyrrole nitrogens is 1. The number of carbonyl (C=O) groups is 2. The van der Waals surface area contributed by atoms with Crippen molar-refractivity contribution in [2.45, 2.75) is 0 Å². The number of primary amides is 1. The maximum absolute atomic E-state index is 11.7. The van der Waals surface area contributed by atoms with E-state index in [0.29, 0.717) is 5.75 Å². The Labute approximate surface area is 137 Å². The number of rotatable bonds is 5. The summed E-state index contributed by atoms with van der Waals surface area (Å²) >= 11 is 0. The number of hydrogen-bond donors (Lipinski definition) is 3. The van der Waals surface area contributed by atoms with Crippen molar-refractivity contribution in [2.24, 2.45) is 5.73 Å². The van der Waals surface area contributed by atoms with E-state index in [0.717, 1.165) is 0 Å². The maximum Gasteiger partial charge on any atom is 0.272 e. The van der Waals surface area contributed by atoms with E-state index >= 15 is 0 Å². The highest BCUT2D eigenvalue weighted by atomic mass is 16.5. The van der Waals surface area contributed by atoms with Gasteiger partial charge in [-0.15, -0.1) is 0 Å². The first kappa shape index (κ1) is 16.8. The smallest absolute Gasteiger partial charge is 0.272 e. The molecule has 1 aromatic carbocycles. The van der Waals surface area contributed by atoms with Gasteiger partial charge in [-0.25, -0.2) is 5.10 Å². The average Bonchev–Trinajstić information content (AvgIpc) is 2.58. The Bertz CT molecular complexity index is 844. The van der Waals surface area contributed by atoms with Gasteiger partial charge in [-0.1, -0.05) is 24.0 Å². The molecule has 0 aliphatic carbocycles. The maximum atomic E-state index is 11.7. The van der Waals surface area contributed by atoms with Crippen LogP contribution in [0.1, 0.15) is 20.8 Å². The zero-order valence-electron chi connectivity index (χ0n) is 12.5. The van der Waals surface area contributed by atoms with Gasteiger partial charge in [-0.05, 0) is 18.2 Å². The number of amides is 2. The number of aromatic nitrogens is 2. The topological polar surface area (TPSA) is 127 Å². The molecule has 24 heavy (non-hydrogen) atoms. The van der Waals surface area contributed by atoms with Crippen molar-refractivity contribution in [3.8, 4) is 17.6 Å². The van der Waals surface area contributed by atoms with Crippen molar-refractivity contribution in [2.75, 3.05) is 13.2 Å². The number of hydrogen-bond acceptors (Lipinski definition) is 5. The molecule has 2 aromatic rings. The van der Waals surface area contributed by atoms with E-state index in [2.05, 4.69) is 27.4 Å². The average molecular weight is 326 g/mol. The van der Waals surface area contributed by atoms with E-state index in [4.69, 9.17) is 10.5 Å². The molecule has 0 saturated carbocycles. The summed E-state index contributed by atoms with van der Waals surface area (Å²) in [4.78, 5) is 33.7. The monoisotopic (exact) mass is 326 g/mol. The van der Waals surface area contributed by atoms with Gasteiger partial charge in [0.1, 0.15) is 18.1 Å². The number of carbonyl (C=O) groups excluding carboxylic acids is 2. The fraction of sp³-hybridized carbons (Fsp3) is 0.125. The molecule has 0 radical (unpaired) electrons. The minimum Gasteiger partial charge on any atom is -0.480 e. The van der Waals surface area contributed by atoms with Crippen LogP contribution in [0.4, 0.5) is 0 Å². The molecule has 1 heterocycles. The summed E-state index contributed by atoms with van der Waals surface area (Å²) in [6.07, 6.45) is 0. The lowest BCUT2D eigenvalue weighted by Crippen LogP contribution is -2.26. The molecule has 0 spiro atoms. The first-order valence-corrected chi connectivity index (χ1v) is 6.89. The summed E-state index contributed by atoms with van der Waals surface area (Å²) in [5, 5.41) is 8.28. The summed E-state index contributed by atoms with van der Waals surface area (Å²) in [6.45, 7) is 0.123. The van der Waals surface area contributed by atoms with Gasteiger partial charge in [-0.3, -0.25) is 14.4 Å². The molecule has 0 bridgehead atoms. The SMILES string of the molecule is NC(=O)c1ccccc1OCC#CCNC(=O)c1ccc(=O)[nH]n1. The van der Waals surface area contributed by atoms with Gasteiger partial charge < -0.3 is 15.8 Å². The van der Waals surface area contributed by atoms with Gasteiger partial charge >= 0.3 is 0 Å². The summed E-state index contributed by atoms with van der Waals surface area (Å²) in [6, 6.07) is 9.09. The molecule has 0 aliphatic rings. The Hall–Kier alpha value is -3.60. The normalized spacial score (nSPS) is 9.50. The quantitative estimate of drug-likeness (QED) is 0.649. The predicted octanol–water partition coefficient (Wildman–Crippen LogP) is -0.319. The molecular formula is C16H14N4O4. The number of nitrogens with zero attached hydrogens (tertiary/aromatic N) is 1. The van der Waals surface area contributed by atoms with Crippen LogP contribution in [-0.2, 0) is 0 Å². The zero-order chi connectivity index (χ0) is 17.4. The highest BCUT2D eigenvalue weighted by molar-refractivity contribution is 5.95. The van der Waals surface area contributed by atoms with Gasteiger partial charge in [0.25, 0.3) is 17.4 Å². The van der Waals surface area contributed by atoms with Crippen molar-refractivity contribution >= 4 is 11.8 Å². The molecule has 2 rings (SSSR count). The van der Waals surface area contributed by atoms with Crippen molar-refractivity contribution < 1.29 is 14.3 Å². The number of ether oxygens (including phenoxy) is 1. The zero-order valence-corrected chi connectivity index (χ0v) is 12.5. The minimum atomic E-state index is -0.584. The molecule has 4 N–H and O–H groups in total. The lowest BCUT2D eigenvalue weighted by Gasteiger charge is -2.05. The van der Waals surface area contributed by atoms with Crippen LogP contribution in [0.25, 0.3) is 0 Å². The number of aromatic amines is 1. The van der Waals surface area contributed by atoms with Gasteiger partial charge in [0.2, 0.25) is 0 Å². The molecule has 0 aliphatic heterocycles. The number of nitrogens with one attached hydrogen (secondary N) is 2. The van der Waals surface area contributed by atoms with Crippen LogP contribution in [0.3, 0.4) is 0 Å². The second-order valence-electron chi connectivity index (χ2n) is 4.49. The number of nitrogens with two attached hydrogens (primary N) is 1. The van der Waals surface area contributed by atoms with Crippen LogP contribution in [0.5, 0.6) is 5.75 Å². The molecule has 0 fully saturated rings.